The second-order valence-electron chi connectivity index (χ2n) is 9.16. The summed E-state index contributed by atoms with van der Waals surface area (Å²) in [6.45, 7) is 8.23. The summed E-state index contributed by atoms with van der Waals surface area (Å²) in [5, 5.41) is 3.49. The zero-order valence-corrected chi connectivity index (χ0v) is 18.7. The molecule has 2 fully saturated rings. The van der Waals surface area contributed by atoms with Crippen LogP contribution in [0.1, 0.15) is 46.8 Å². The fourth-order valence-electron chi connectivity index (χ4n) is 5.35. The van der Waals surface area contributed by atoms with E-state index in [1.54, 1.807) is 11.8 Å². The summed E-state index contributed by atoms with van der Waals surface area (Å²) in [4.78, 5) is 41.1. The van der Waals surface area contributed by atoms with Crippen LogP contribution < -0.4 is 5.32 Å². The summed E-state index contributed by atoms with van der Waals surface area (Å²) in [6, 6.07) is 3.92. The lowest BCUT2D eigenvalue weighted by Gasteiger charge is -2.47. The molecule has 4 aliphatic rings. The van der Waals surface area contributed by atoms with Gasteiger partial charge in [0.1, 0.15) is 18.8 Å². The standard InChI is InChI=1S/C24H29N3O5/c1-15-17(3-4-18-19(15)13-31-22(18)29)5-9-26-10-6-24(7-11-26)23(30)27(12-8-25-24)20-14-32-21(28)16(20)2/h3-4,25H,5-14H2,1-2H3. The number of esters is 2. The van der Waals surface area contributed by atoms with E-state index in [9.17, 15) is 14.4 Å². The summed E-state index contributed by atoms with van der Waals surface area (Å²) in [5.74, 6) is -0.489. The van der Waals surface area contributed by atoms with Crippen molar-refractivity contribution in [2.24, 2.45) is 0 Å². The Morgan fingerprint density at radius 1 is 1.00 bits per heavy atom. The van der Waals surface area contributed by atoms with Crippen molar-refractivity contribution in [2.75, 3.05) is 39.3 Å². The maximum atomic E-state index is 13.4. The normalized spacial score (nSPS) is 23.1. The lowest BCUT2D eigenvalue weighted by molar-refractivity contribution is -0.142. The number of amides is 1. The number of carbonyl (C=O) groups excluding carboxylic acids is 3. The van der Waals surface area contributed by atoms with Gasteiger partial charge in [0, 0.05) is 38.3 Å². The van der Waals surface area contributed by atoms with E-state index in [1.165, 1.54) is 5.56 Å². The van der Waals surface area contributed by atoms with Crippen LogP contribution in [0.4, 0.5) is 0 Å². The van der Waals surface area contributed by atoms with Crippen molar-refractivity contribution in [1.29, 1.82) is 0 Å². The van der Waals surface area contributed by atoms with E-state index in [4.69, 9.17) is 9.47 Å². The molecule has 5 rings (SSSR count). The van der Waals surface area contributed by atoms with Crippen LogP contribution in [0.15, 0.2) is 23.4 Å². The van der Waals surface area contributed by atoms with E-state index in [-0.39, 0.29) is 24.5 Å². The van der Waals surface area contributed by atoms with Crippen LogP contribution >= 0.6 is 0 Å². The highest BCUT2D eigenvalue weighted by Gasteiger charge is 2.47. The average molecular weight is 440 g/mol. The molecule has 4 aliphatic heterocycles. The number of fused-ring (bicyclic) bond motifs is 1. The number of nitrogens with one attached hydrogen (secondary N) is 1. The van der Waals surface area contributed by atoms with Gasteiger partial charge in [0.15, 0.2) is 0 Å². The molecular weight excluding hydrogens is 410 g/mol. The van der Waals surface area contributed by atoms with E-state index in [0.717, 1.165) is 55.7 Å². The number of piperazine rings is 1. The quantitative estimate of drug-likeness (QED) is 0.708. The molecule has 0 unspecified atom stereocenters. The van der Waals surface area contributed by atoms with Gasteiger partial charge in [-0.25, -0.2) is 9.59 Å². The van der Waals surface area contributed by atoms with Gasteiger partial charge in [0.2, 0.25) is 5.91 Å². The SMILES string of the molecule is CC1=C(N2CCNC3(CCN(CCc4ccc5c(c4C)COC5=O)CC3)C2=O)COC1=O. The van der Waals surface area contributed by atoms with Crippen molar-refractivity contribution < 1.29 is 23.9 Å². The van der Waals surface area contributed by atoms with E-state index in [0.29, 0.717) is 30.8 Å². The number of rotatable bonds is 4. The Kier molecular flexibility index (Phi) is 5.29. The second-order valence-corrected chi connectivity index (χ2v) is 9.16. The maximum absolute atomic E-state index is 13.4. The third-order valence-electron chi connectivity index (χ3n) is 7.54. The van der Waals surface area contributed by atoms with Gasteiger partial charge in [0.25, 0.3) is 0 Å². The number of likely N-dealkylation sites (tertiary alicyclic amines) is 1. The molecule has 0 radical (unpaired) electrons. The summed E-state index contributed by atoms with van der Waals surface area (Å²) < 4.78 is 10.3. The highest BCUT2D eigenvalue weighted by Crippen LogP contribution is 2.31. The molecular formula is C24H29N3O5. The molecule has 170 valence electrons. The van der Waals surface area contributed by atoms with Gasteiger partial charge in [-0.2, -0.15) is 0 Å². The van der Waals surface area contributed by atoms with Gasteiger partial charge in [-0.3, -0.25) is 4.79 Å². The van der Waals surface area contributed by atoms with Crippen molar-refractivity contribution in [3.05, 3.63) is 45.7 Å². The highest BCUT2D eigenvalue weighted by atomic mass is 16.5. The van der Waals surface area contributed by atoms with Crippen LogP contribution in [0.3, 0.4) is 0 Å². The summed E-state index contributed by atoms with van der Waals surface area (Å²) in [6.07, 6.45) is 2.39. The predicted molar refractivity (Wildman–Crippen MR) is 116 cm³/mol. The van der Waals surface area contributed by atoms with Crippen LogP contribution in [0.25, 0.3) is 0 Å². The van der Waals surface area contributed by atoms with Crippen LogP contribution in [-0.2, 0) is 32.1 Å². The molecule has 0 aromatic heterocycles. The van der Waals surface area contributed by atoms with E-state index >= 15 is 0 Å². The number of cyclic esters (lactones) is 2. The molecule has 8 heteroatoms. The van der Waals surface area contributed by atoms with Crippen molar-refractivity contribution in [3.63, 3.8) is 0 Å². The number of hydrogen-bond acceptors (Lipinski definition) is 7. The van der Waals surface area contributed by atoms with Gasteiger partial charge in [-0.15, -0.1) is 0 Å². The number of nitrogens with zero attached hydrogens (tertiary/aromatic N) is 2. The first-order valence-electron chi connectivity index (χ1n) is 11.3. The Morgan fingerprint density at radius 3 is 2.47 bits per heavy atom. The minimum absolute atomic E-state index is 0.0650. The van der Waals surface area contributed by atoms with Gasteiger partial charge in [0.05, 0.1) is 16.8 Å². The van der Waals surface area contributed by atoms with Crippen LogP contribution in [-0.4, -0.2) is 72.5 Å². The van der Waals surface area contributed by atoms with Gasteiger partial charge >= 0.3 is 11.9 Å². The molecule has 0 bridgehead atoms. The second kappa shape index (κ2) is 8.01. The molecule has 1 aromatic rings. The smallest absolute Gasteiger partial charge is 0.338 e. The van der Waals surface area contributed by atoms with Crippen molar-refractivity contribution >= 4 is 17.8 Å². The largest absolute Gasteiger partial charge is 0.457 e. The van der Waals surface area contributed by atoms with Gasteiger partial charge in [-0.05, 0) is 50.3 Å². The third kappa shape index (κ3) is 3.42. The lowest BCUT2D eigenvalue weighted by atomic mass is 9.84. The van der Waals surface area contributed by atoms with E-state index in [1.807, 2.05) is 12.1 Å². The average Bonchev–Trinajstić information content (AvgIpc) is 3.34. The van der Waals surface area contributed by atoms with Gasteiger partial charge < -0.3 is 24.6 Å². The number of benzene rings is 1. The molecule has 0 atom stereocenters. The minimum atomic E-state index is -0.561. The molecule has 2 saturated heterocycles. The number of ether oxygens (including phenoxy) is 2. The fraction of sp³-hybridized carbons (Fsp3) is 0.542. The summed E-state index contributed by atoms with van der Waals surface area (Å²) >= 11 is 0. The Bertz CT molecular complexity index is 1020. The fourth-order valence-corrected chi connectivity index (χ4v) is 5.35. The first-order chi connectivity index (χ1) is 15.4. The molecule has 1 N–H and O–H groups in total. The molecule has 1 aromatic carbocycles. The molecule has 0 aliphatic carbocycles. The Balaban J connectivity index is 1.21. The first kappa shape index (κ1) is 21.2. The van der Waals surface area contributed by atoms with E-state index in [2.05, 4.69) is 17.1 Å². The Hall–Kier alpha value is -2.71. The van der Waals surface area contributed by atoms with Crippen LogP contribution in [0, 0.1) is 6.92 Å². The van der Waals surface area contributed by atoms with Crippen LogP contribution in [0.2, 0.25) is 0 Å². The summed E-state index contributed by atoms with van der Waals surface area (Å²) in [5.41, 5.74) is 4.81. The highest BCUT2D eigenvalue weighted by molar-refractivity contribution is 5.95. The van der Waals surface area contributed by atoms with Crippen LogP contribution in [0.5, 0.6) is 0 Å². The molecule has 1 spiro atoms. The molecule has 0 saturated carbocycles. The summed E-state index contributed by atoms with van der Waals surface area (Å²) in [7, 11) is 0. The molecule has 32 heavy (non-hydrogen) atoms. The monoisotopic (exact) mass is 439 g/mol. The lowest BCUT2D eigenvalue weighted by Crippen LogP contribution is -2.67. The molecule has 4 heterocycles. The third-order valence-corrected chi connectivity index (χ3v) is 7.54. The number of hydrogen-bond donors (Lipinski definition) is 1. The number of piperidine rings is 1. The van der Waals surface area contributed by atoms with Gasteiger partial charge in [-0.1, -0.05) is 6.07 Å². The first-order valence-corrected chi connectivity index (χ1v) is 11.3. The Labute approximate surface area is 187 Å². The van der Waals surface area contributed by atoms with Crippen molar-refractivity contribution in [2.45, 2.75) is 45.3 Å². The molecule has 1 amide bonds. The van der Waals surface area contributed by atoms with Crippen molar-refractivity contribution in [3.8, 4) is 0 Å². The molecule has 8 nitrogen and oxygen atoms in total. The minimum Gasteiger partial charge on any atom is -0.457 e. The zero-order valence-electron chi connectivity index (χ0n) is 18.7. The van der Waals surface area contributed by atoms with Crippen molar-refractivity contribution in [1.82, 2.24) is 15.1 Å². The Morgan fingerprint density at radius 2 is 1.75 bits per heavy atom. The topological polar surface area (TPSA) is 88.2 Å². The zero-order chi connectivity index (χ0) is 22.5. The maximum Gasteiger partial charge on any atom is 0.338 e. The predicted octanol–water partition coefficient (Wildman–Crippen LogP) is 1.31. The number of carbonyl (C=O) groups is 3. The van der Waals surface area contributed by atoms with E-state index < -0.39 is 5.54 Å².